The standard InChI is InChI=1S/C7H8N2O4.C2H6/c1-3-5(7(10)11)6(8)4(2)9(12)13;1-2/h3H,1-2,8H2,(H,10,11);1-2H3/b6-5-;. The molecule has 0 radical (unpaired) electrons. The maximum absolute atomic E-state index is 10.4. The molecule has 6 nitrogen and oxygen atoms in total. The summed E-state index contributed by atoms with van der Waals surface area (Å²) in [7, 11) is 0. The number of nitrogens with zero attached hydrogens (tertiary/aromatic N) is 1. The molecule has 0 heterocycles. The Morgan fingerprint density at radius 2 is 1.93 bits per heavy atom. The van der Waals surface area contributed by atoms with Gasteiger partial charge in [-0.05, 0) is 6.58 Å². The summed E-state index contributed by atoms with van der Waals surface area (Å²) in [5.74, 6) is -1.38. The van der Waals surface area contributed by atoms with Gasteiger partial charge in [0.1, 0.15) is 5.70 Å². The molecule has 0 aliphatic rings. The molecular formula is C9H14N2O4. The van der Waals surface area contributed by atoms with E-state index in [1.54, 1.807) is 0 Å². The zero-order valence-electron chi connectivity index (χ0n) is 8.69. The Morgan fingerprint density at radius 3 is 2.13 bits per heavy atom. The molecule has 15 heavy (non-hydrogen) atoms. The highest BCUT2D eigenvalue weighted by atomic mass is 16.6. The van der Waals surface area contributed by atoms with E-state index >= 15 is 0 Å². The van der Waals surface area contributed by atoms with Crippen LogP contribution in [0.1, 0.15) is 13.8 Å². The molecule has 0 aliphatic carbocycles. The monoisotopic (exact) mass is 214 g/mol. The summed E-state index contributed by atoms with van der Waals surface area (Å²) in [6.45, 7) is 10.2. The fourth-order valence-corrected chi connectivity index (χ4v) is 0.566. The molecular weight excluding hydrogens is 200 g/mol. The molecule has 0 rings (SSSR count). The van der Waals surface area contributed by atoms with Crippen molar-refractivity contribution in [3.8, 4) is 0 Å². The second kappa shape index (κ2) is 7.31. The minimum atomic E-state index is -1.38. The highest BCUT2D eigenvalue weighted by molar-refractivity contribution is 5.91. The second-order valence-electron chi connectivity index (χ2n) is 2.04. The Morgan fingerprint density at radius 1 is 1.53 bits per heavy atom. The minimum absolute atomic E-state index is 0.429. The van der Waals surface area contributed by atoms with E-state index in [0.29, 0.717) is 0 Å². The lowest BCUT2D eigenvalue weighted by molar-refractivity contribution is -0.420. The predicted molar refractivity (Wildman–Crippen MR) is 56.5 cm³/mol. The van der Waals surface area contributed by atoms with Gasteiger partial charge in [0.2, 0.25) is 0 Å². The molecule has 0 aromatic rings. The summed E-state index contributed by atoms with van der Waals surface area (Å²) in [6.07, 6.45) is 0.923. The number of carboxylic acid groups (broad SMARTS) is 1. The van der Waals surface area contributed by atoms with Crippen LogP contribution in [0.25, 0.3) is 0 Å². The summed E-state index contributed by atoms with van der Waals surface area (Å²) >= 11 is 0. The summed E-state index contributed by atoms with van der Waals surface area (Å²) in [4.78, 5) is 19.7. The maximum Gasteiger partial charge on any atom is 0.338 e. The zero-order valence-corrected chi connectivity index (χ0v) is 8.69. The number of nitrogens with two attached hydrogens (primary N) is 1. The summed E-state index contributed by atoms with van der Waals surface area (Å²) in [5, 5.41) is 18.6. The number of carboxylic acids is 1. The molecule has 0 fully saturated rings. The van der Waals surface area contributed by atoms with E-state index < -0.39 is 27.9 Å². The van der Waals surface area contributed by atoms with Crippen LogP contribution in [0.2, 0.25) is 0 Å². The quantitative estimate of drug-likeness (QED) is 0.317. The van der Waals surface area contributed by atoms with Crippen LogP contribution in [0.15, 0.2) is 36.2 Å². The SMILES string of the molecule is C=C/C(C(=O)O)=C(/N)C(=C)[N+](=O)[O-].CC. The molecule has 0 unspecified atom stereocenters. The number of aliphatic carboxylic acids is 1. The molecule has 6 heteroatoms. The molecule has 0 amide bonds. The average molecular weight is 214 g/mol. The lowest BCUT2D eigenvalue weighted by Gasteiger charge is -1.99. The summed E-state index contributed by atoms with van der Waals surface area (Å²) in [5.41, 5.74) is 3.58. The first-order valence-electron chi connectivity index (χ1n) is 4.11. The van der Waals surface area contributed by atoms with Crippen molar-refractivity contribution in [1.82, 2.24) is 0 Å². The Bertz CT molecular complexity index is 318. The normalized spacial score (nSPS) is 10.3. The third kappa shape index (κ3) is 4.61. The van der Waals surface area contributed by atoms with Crippen LogP contribution in [-0.4, -0.2) is 16.0 Å². The lowest BCUT2D eigenvalue weighted by Crippen LogP contribution is -2.14. The van der Waals surface area contributed by atoms with Crippen LogP contribution in [0.5, 0.6) is 0 Å². The van der Waals surface area contributed by atoms with E-state index in [2.05, 4.69) is 13.2 Å². The fraction of sp³-hybridized carbons (Fsp3) is 0.222. The average Bonchev–Trinajstić information content (AvgIpc) is 2.19. The van der Waals surface area contributed by atoms with Crippen molar-refractivity contribution in [2.24, 2.45) is 5.73 Å². The fourth-order valence-electron chi connectivity index (χ4n) is 0.566. The molecule has 0 saturated carbocycles. The first-order chi connectivity index (χ1) is 6.91. The van der Waals surface area contributed by atoms with E-state index in [0.717, 1.165) is 6.08 Å². The van der Waals surface area contributed by atoms with Crippen LogP contribution in [0.4, 0.5) is 0 Å². The van der Waals surface area contributed by atoms with Crippen LogP contribution in [0, 0.1) is 10.1 Å². The molecule has 0 aliphatic heterocycles. The van der Waals surface area contributed by atoms with Gasteiger partial charge in [0, 0.05) is 0 Å². The van der Waals surface area contributed by atoms with Crippen molar-refractivity contribution in [3.63, 3.8) is 0 Å². The van der Waals surface area contributed by atoms with Gasteiger partial charge in [-0.15, -0.1) is 0 Å². The third-order valence-corrected chi connectivity index (χ3v) is 1.26. The molecule has 0 aromatic carbocycles. The van der Waals surface area contributed by atoms with Crippen molar-refractivity contribution >= 4 is 5.97 Å². The smallest absolute Gasteiger partial charge is 0.338 e. The van der Waals surface area contributed by atoms with E-state index in [-0.39, 0.29) is 0 Å². The van der Waals surface area contributed by atoms with Gasteiger partial charge in [-0.25, -0.2) is 4.79 Å². The zero-order chi connectivity index (χ0) is 12.6. The molecule has 0 aromatic heterocycles. The van der Waals surface area contributed by atoms with Gasteiger partial charge in [0.05, 0.1) is 10.5 Å². The first kappa shape index (κ1) is 15.4. The van der Waals surface area contributed by atoms with Crippen LogP contribution in [0.3, 0.4) is 0 Å². The van der Waals surface area contributed by atoms with Crippen molar-refractivity contribution in [1.29, 1.82) is 0 Å². The minimum Gasteiger partial charge on any atom is -0.478 e. The lowest BCUT2D eigenvalue weighted by atomic mass is 10.2. The second-order valence-corrected chi connectivity index (χ2v) is 2.04. The molecule has 0 saturated heterocycles. The Labute approximate surface area is 87.5 Å². The third-order valence-electron chi connectivity index (χ3n) is 1.26. The number of hydrogen-bond acceptors (Lipinski definition) is 4. The number of hydrogen-bond donors (Lipinski definition) is 2. The number of carbonyl (C=O) groups is 1. The van der Waals surface area contributed by atoms with Crippen molar-refractivity contribution in [2.75, 3.05) is 0 Å². The van der Waals surface area contributed by atoms with Gasteiger partial charge < -0.3 is 10.8 Å². The Balaban J connectivity index is 0. The summed E-state index contributed by atoms with van der Waals surface area (Å²) < 4.78 is 0. The molecule has 0 bridgehead atoms. The van der Waals surface area contributed by atoms with Gasteiger partial charge in [-0.1, -0.05) is 26.5 Å². The number of nitro groups is 1. The van der Waals surface area contributed by atoms with E-state index in [1.165, 1.54) is 0 Å². The number of rotatable bonds is 4. The summed E-state index contributed by atoms with van der Waals surface area (Å²) in [6, 6.07) is 0. The molecule has 84 valence electrons. The van der Waals surface area contributed by atoms with Gasteiger partial charge in [0.25, 0.3) is 5.70 Å². The Kier molecular flexibility index (Phi) is 7.49. The molecule has 3 N–H and O–H groups in total. The van der Waals surface area contributed by atoms with Gasteiger partial charge in [0.15, 0.2) is 0 Å². The van der Waals surface area contributed by atoms with Gasteiger partial charge in [-0.3, -0.25) is 10.1 Å². The van der Waals surface area contributed by atoms with E-state index in [4.69, 9.17) is 10.8 Å². The highest BCUT2D eigenvalue weighted by Gasteiger charge is 2.18. The topological polar surface area (TPSA) is 106 Å². The first-order valence-corrected chi connectivity index (χ1v) is 4.11. The van der Waals surface area contributed by atoms with Crippen LogP contribution < -0.4 is 5.73 Å². The van der Waals surface area contributed by atoms with Crippen LogP contribution in [-0.2, 0) is 4.79 Å². The van der Waals surface area contributed by atoms with Gasteiger partial charge >= 0.3 is 5.97 Å². The Hall–Kier alpha value is -2.11. The molecule has 0 spiro atoms. The molecule has 0 atom stereocenters. The van der Waals surface area contributed by atoms with E-state index in [9.17, 15) is 14.9 Å². The van der Waals surface area contributed by atoms with E-state index in [1.807, 2.05) is 13.8 Å². The van der Waals surface area contributed by atoms with Crippen molar-refractivity contribution in [2.45, 2.75) is 13.8 Å². The van der Waals surface area contributed by atoms with Crippen molar-refractivity contribution in [3.05, 3.63) is 46.3 Å². The maximum atomic E-state index is 10.4. The van der Waals surface area contributed by atoms with Crippen molar-refractivity contribution < 1.29 is 14.8 Å². The predicted octanol–water partition coefficient (Wildman–Crippen LogP) is 1.29. The van der Waals surface area contributed by atoms with Gasteiger partial charge in [-0.2, -0.15) is 0 Å². The largest absolute Gasteiger partial charge is 0.478 e. The highest BCUT2D eigenvalue weighted by Crippen LogP contribution is 2.09. The van der Waals surface area contributed by atoms with Crippen LogP contribution >= 0.6 is 0 Å².